The van der Waals surface area contributed by atoms with Crippen molar-refractivity contribution in [2.45, 2.75) is 32.4 Å². The first kappa shape index (κ1) is 26.0. The minimum absolute atomic E-state index is 0.0974. The van der Waals surface area contributed by atoms with E-state index in [2.05, 4.69) is 34.4 Å². The molecule has 1 amide bonds. The minimum atomic E-state index is -0.316. The first-order valence-corrected chi connectivity index (χ1v) is 13.5. The molecule has 1 unspecified atom stereocenters. The number of pyridine rings is 2. The molecule has 0 radical (unpaired) electrons. The van der Waals surface area contributed by atoms with Gasteiger partial charge < -0.3 is 15.8 Å². The third-order valence-corrected chi connectivity index (χ3v) is 7.75. The number of ether oxygens (including phenoxy) is 1. The van der Waals surface area contributed by atoms with Crippen molar-refractivity contribution in [2.75, 3.05) is 31.5 Å². The van der Waals surface area contributed by atoms with Crippen molar-refractivity contribution in [2.24, 2.45) is 5.92 Å². The summed E-state index contributed by atoms with van der Waals surface area (Å²) < 4.78 is 5.71. The maximum atomic E-state index is 12.8. The van der Waals surface area contributed by atoms with Gasteiger partial charge in [-0.05, 0) is 63.1 Å². The van der Waals surface area contributed by atoms with Crippen LogP contribution in [0, 0.1) is 17.2 Å². The minimum Gasteiger partial charge on any atom is -0.473 e. The zero-order valence-corrected chi connectivity index (χ0v) is 22.2. The molecule has 3 aromatic rings. The number of piperidine rings is 1. The van der Waals surface area contributed by atoms with E-state index in [9.17, 15) is 10.1 Å². The average Bonchev–Trinajstić information content (AvgIpc) is 3.37. The molecule has 0 spiro atoms. The number of nitrogens with zero attached hydrogens (tertiary/aromatic N) is 5. The lowest BCUT2D eigenvalue weighted by Gasteiger charge is -2.31. The van der Waals surface area contributed by atoms with Gasteiger partial charge in [0.15, 0.2) is 0 Å². The van der Waals surface area contributed by atoms with E-state index in [1.165, 1.54) is 10.9 Å². The second-order valence-corrected chi connectivity index (χ2v) is 10.4. The molecule has 3 aromatic heterocycles. The van der Waals surface area contributed by atoms with E-state index in [0.717, 1.165) is 43.2 Å². The Morgan fingerprint density at radius 2 is 2.19 bits per heavy atom. The highest BCUT2D eigenvalue weighted by atomic mass is 32.1. The van der Waals surface area contributed by atoms with E-state index in [4.69, 9.17) is 10.5 Å². The van der Waals surface area contributed by atoms with Crippen LogP contribution in [0.1, 0.15) is 40.7 Å². The molecular formula is C25H30N7O2PS. The maximum Gasteiger partial charge on any atom is 0.270 e. The van der Waals surface area contributed by atoms with Crippen molar-refractivity contribution >= 4 is 32.2 Å². The SMILES string of the molecule is C[C@@H](CP)Oc1nc(C(=O)NCC2CCN(Cc3cnc(-c4ccccn4)s3)CC2)cc(N)c1C#N. The first-order chi connectivity index (χ1) is 17.5. The Morgan fingerprint density at radius 3 is 2.89 bits per heavy atom. The predicted octanol–water partition coefficient (Wildman–Crippen LogP) is 3.34. The molecule has 188 valence electrons. The molecule has 4 heterocycles. The van der Waals surface area contributed by atoms with Crippen LogP contribution in [0.2, 0.25) is 0 Å². The van der Waals surface area contributed by atoms with Crippen LogP contribution in [-0.4, -0.2) is 57.7 Å². The van der Waals surface area contributed by atoms with E-state index >= 15 is 0 Å². The zero-order valence-electron chi connectivity index (χ0n) is 20.2. The predicted molar refractivity (Wildman–Crippen MR) is 144 cm³/mol. The molecule has 1 aliphatic heterocycles. The maximum absolute atomic E-state index is 12.8. The highest BCUT2D eigenvalue weighted by Gasteiger charge is 2.22. The van der Waals surface area contributed by atoms with Crippen molar-refractivity contribution in [1.29, 1.82) is 5.26 Å². The standard InChI is InChI=1S/C25H30N7O2PS/c1-16(15-35)34-24-19(11-26)20(27)10-22(31-24)23(33)29-12-17-5-8-32(9-6-17)14-18-13-30-25(36-18)21-4-2-3-7-28-21/h2-4,7,10,13,16-17H,5-6,8-9,12,14-15,35H2,1H3,(H2,27,31)(H,29,33)/t16-/m0/s1. The van der Waals surface area contributed by atoms with Crippen LogP contribution in [0.25, 0.3) is 10.7 Å². The molecule has 0 saturated carbocycles. The molecule has 9 nitrogen and oxygen atoms in total. The Hall–Kier alpha value is -3.12. The monoisotopic (exact) mass is 523 g/mol. The van der Waals surface area contributed by atoms with E-state index in [1.54, 1.807) is 17.5 Å². The summed E-state index contributed by atoms with van der Waals surface area (Å²) in [5.41, 5.74) is 7.39. The van der Waals surface area contributed by atoms with Crippen molar-refractivity contribution in [1.82, 2.24) is 25.2 Å². The second kappa shape index (κ2) is 12.2. The van der Waals surface area contributed by atoms with Crippen molar-refractivity contribution in [3.63, 3.8) is 0 Å². The van der Waals surface area contributed by atoms with Crippen LogP contribution >= 0.6 is 20.6 Å². The summed E-state index contributed by atoms with van der Waals surface area (Å²) in [6.07, 6.45) is 6.20. The summed E-state index contributed by atoms with van der Waals surface area (Å²) in [5, 5.41) is 13.3. The molecule has 0 bridgehead atoms. The quantitative estimate of drug-likeness (QED) is 0.409. The lowest BCUT2D eigenvalue weighted by atomic mass is 9.96. The summed E-state index contributed by atoms with van der Waals surface area (Å²) in [7, 11) is 2.58. The zero-order chi connectivity index (χ0) is 25.5. The summed E-state index contributed by atoms with van der Waals surface area (Å²) in [6.45, 7) is 5.22. The molecule has 2 atom stereocenters. The number of aromatic nitrogens is 3. The van der Waals surface area contributed by atoms with Crippen LogP contribution < -0.4 is 15.8 Å². The fraction of sp³-hybridized carbons (Fsp3) is 0.400. The lowest BCUT2D eigenvalue weighted by molar-refractivity contribution is 0.0928. The number of nitrogens with two attached hydrogens (primary N) is 1. The van der Waals surface area contributed by atoms with Gasteiger partial charge in [0.1, 0.15) is 28.4 Å². The molecule has 0 aromatic carbocycles. The number of carbonyl (C=O) groups excluding carboxylic acids is 1. The summed E-state index contributed by atoms with van der Waals surface area (Å²) in [4.78, 5) is 29.6. The second-order valence-electron chi connectivity index (χ2n) is 8.83. The number of nitrogens with one attached hydrogen (secondary N) is 1. The Kier molecular flexibility index (Phi) is 8.81. The van der Waals surface area contributed by atoms with Gasteiger partial charge in [0.25, 0.3) is 5.91 Å². The molecule has 11 heteroatoms. The molecule has 36 heavy (non-hydrogen) atoms. The largest absolute Gasteiger partial charge is 0.473 e. The number of nitriles is 1. The van der Waals surface area contributed by atoms with E-state index in [-0.39, 0.29) is 34.8 Å². The number of anilines is 1. The fourth-order valence-corrected chi connectivity index (χ4v) is 5.01. The topological polar surface area (TPSA) is 130 Å². The third-order valence-electron chi connectivity index (χ3n) is 6.08. The van der Waals surface area contributed by atoms with E-state index in [0.29, 0.717) is 18.6 Å². The molecule has 3 N–H and O–H groups in total. The average molecular weight is 524 g/mol. The van der Waals surface area contributed by atoms with Gasteiger partial charge in [0.2, 0.25) is 5.88 Å². The van der Waals surface area contributed by atoms with Crippen molar-refractivity contribution in [3.8, 4) is 22.7 Å². The highest BCUT2D eigenvalue weighted by Crippen LogP contribution is 2.27. The number of hydrogen-bond donors (Lipinski definition) is 2. The highest BCUT2D eigenvalue weighted by molar-refractivity contribution is 7.16. The molecular weight excluding hydrogens is 493 g/mol. The van der Waals surface area contributed by atoms with Gasteiger partial charge in [-0.3, -0.25) is 14.7 Å². The molecule has 1 aliphatic rings. The van der Waals surface area contributed by atoms with Crippen LogP contribution in [0.3, 0.4) is 0 Å². The van der Waals surface area contributed by atoms with Crippen molar-refractivity contribution in [3.05, 3.63) is 52.8 Å². The number of thiazole rings is 1. The third kappa shape index (κ3) is 6.55. The Balaban J connectivity index is 1.27. The molecule has 1 saturated heterocycles. The van der Waals surface area contributed by atoms with Gasteiger partial charge in [-0.2, -0.15) is 5.26 Å². The van der Waals surface area contributed by atoms with Crippen LogP contribution in [0.15, 0.2) is 36.7 Å². The number of hydrogen-bond acceptors (Lipinski definition) is 9. The molecule has 1 fully saturated rings. The van der Waals surface area contributed by atoms with Gasteiger partial charge in [-0.25, -0.2) is 9.97 Å². The van der Waals surface area contributed by atoms with Gasteiger partial charge in [-0.1, -0.05) is 6.07 Å². The summed E-state index contributed by atoms with van der Waals surface area (Å²) in [6, 6.07) is 9.29. The Labute approximate surface area is 217 Å². The van der Waals surface area contributed by atoms with E-state index < -0.39 is 0 Å². The van der Waals surface area contributed by atoms with Crippen LogP contribution in [0.4, 0.5) is 5.69 Å². The van der Waals surface area contributed by atoms with E-state index in [1.807, 2.05) is 37.4 Å². The summed E-state index contributed by atoms with van der Waals surface area (Å²) >= 11 is 1.68. The Morgan fingerprint density at radius 1 is 1.39 bits per heavy atom. The number of likely N-dealkylation sites (tertiary alicyclic amines) is 1. The number of rotatable bonds is 9. The van der Waals surface area contributed by atoms with Crippen molar-refractivity contribution < 1.29 is 9.53 Å². The summed E-state index contributed by atoms with van der Waals surface area (Å²) in [5.74, 6) is 0.170. The fourth-order valence-electron chi connectivity index (χ4n) is 3.98. The van der Waals surface area contributed by atoms with Crippen LogP contribution in [-0.2, 0) is 6.54 Å². The van der Waals surface area contributed by atoms with Gasteiger partial charge >= 0.3 is 0 Å². The number of amides is 1. The lowest BCUT2D eigenvalue weighted by Crippen LogP contribution is -2.38. The molecule has 4 rings (SSSR count). The van der Waals surface area contributed by atoms with Gasteiger partial charge in [0.05, 0.1) is 11.4 Å². The van der Waals surface area contributed by atoms with Gasteiger partial charge in [0, 0.05) is 30.4 Å². The number of carbonyl (C=O) groups is 1. The number of nitrogen functional groups attached to an aromatic ring is 1. The first-order valence-electron chi connectivity index (χ1n) is 11.9. The van der Waals surface area contributed by atoms with Gasteiger partial charge in [-0.15, -0.1) is 20.6 Å². The van der Waals surface area contributed by atoms with Crippen LogP contribution in [0.5, 0.6) is 5.88 Å². The molecule has 0 aliphatic carbocycles. The normalized spacial score (nSPS) is 15.2. The smallest absolute Gasteiger partial charge is 0.270 e. The Bertz CT molecular complexity index is 1220.